The Morgan fingerprint density at radius 1 is 0.893 bits per heavy atom. The maximum absolute atomic E-state index is 13.3. The molecule has 156 valence electrons. The highest BCUT2D eigenvalue weighted by molar-refractivity contribution is 9.14. The second-order valence-corrected chi connectivity index (χ2v) is 12.5. The van der Waals surface area contributed by atoms with Crippen LogP contribution < -0.4 is 5.32 Å². The zero-order valence-electron chi connectivity index (χ0n) is 16.0. The van der Waals surface area contributed by atoms with Gasteiger partial charge in [-0.1, -0.05) is 94.1 Å². The van der Waals surface area contributed by atoms with Crippen LogP contribution in [0.15, 0.2) is 30.3 Å². The summed E-state index contributed by atoms with van der Waals surface area (Å²) in [5.74, 6) is -1.69. The molecule has 1 fully saturated rings. The Bertz CT molecular complexity index is 701. The zero-order valence-corrected chi connectivity index (χ0v) is 22.4. The Hall–Kier alpha value is 0.0400. The second kappa shape index (κ2) is 8.65. The van der Waals surface area contributed by atoms with E-state index >= 15 is 0 Å². The standard InChI is InChI=1S/C19H23Br4NO4/c1-5-27-14(25)18(22)13(12-10-8-7-9-11-12)19(23,15(26)28-6-2)17(4,21)24-16(18,3)20/h7-11,13,24H,5-6H2,1-4H3. The molecule has 4 atom stereocenters. The van der Waals surface area contributed by atoms with Crippen molar-refractivity contribution in [2.75, 3.05) is 13.2 Å². The number of nitrogens with one attached hydrogen (secondary N) is 1. The predicted octanol–water partition coefficient (Wildman–Crippen LogP) is 4.99. The SMILES string of the molecule is CCOC(=O)C1(Br)C(c2ccccc2)C(Br)(C(=O)OCC)C(C)(Br)NC1(C)Br. The summed E-state index contributed by atoms with van der Waals surface area (Å²) < 4.78 is 6.21. The van der Waals surface area contributed by atoms with Crippen molar-refractivity contribution in [3.8, 4) is 0 Å². The van der Waals surface area contributed by atoms with Crippen molar-refractivity contribution >= 4 is 75.7 Å². The van der Waals surface area contributed by atoms with Crippen LogP contribution in [0.25, 0.3) is 0 Å². The summed E-state index contributed by atoms with van der Waals surface area (Å²) in [5.41, 5.74) is 0.773. The highest BCUT2D eigenvalue weighted by Gasteiger charge is 2.75. The van der Waals surface area contributed by atoms with Crippen LogP contribution in [0.1, 0.15) is 39.2 Å². The van der Waals surface area contributed by atoms with Crippen LogP contribution >= 0.6 is 63.7 Å². The molecule has 1 aromatic rings. The van der Waals surface area contributed by atoms with E-state index in [4.69, 9.17) is 9.47 Å². The Labute approximate surface area is 199 Å². The van der Waals surface area contributed by atoms with Crippen LogP contribution in [0.5, 0.6) is 0 Å². The predicted molar refractivity (Wildman–Crippen MR) is 124 cm³/mol. The molecule has 1 aliphatic rings. The van der Waals surface area contributed by atoms with Crippen molar-refractivity contribution in [3.05, 3.63) is 35.9 Å². The lowest BCUT2D eigenvalue weighted by Gasteiger charge is -2.60. The first-order valence-electron chi connectivity index (χ1n) is 8.84. The smallest absolute Gasteiger partial charge is 0.326 e. The van der Waals surface area contributed by atoms with Crippen LogP contribution in [-0.4, -0.2) is 42.7 Å². The number of rotatable bonds is 5. The number of ether oxygens (including phenoxy) is 2. The number of esters is 2. The van der Waals surface area contributed by atoms with Crippen LogP contribution in [0.3, 0.4) is 0 Å². The molecule has 0 spiro atoms. The Morgan fingerprint density at radius 2 is 1.29 bits per heavy atom. The van der Waals surface area contributed by atoms with E-state index in [1.165, 1.54) is 0 Å². The zero-order chi connectivity index (χ0) is 21.4. The van der Waals surface area contributed by atoms with E-state index in [2.05, 4.69) is 69.0 Å². The molecule has 5 nitrogen and oxygen atoms in total. The summed E-state index contributed by atoms with van der Waals surface area (Å²) in [6, 6.07) is 9.38. The van der Waals surface area contributed by atoms with Gasteiger partial charge in [-0.2, -0.15) is 0 Å². The third kappa shape index (κ3) is 3.74. The molecule has 0 saturated carbocycles. The van der Waals surface area contributed by atoms with Crippen molar-refractivity contribution in [1.29, 1.82) is 0 Å². The van der Waals surface area contributed by atoms with Gasteiger partial charge in [0, 0.05) is 5.92 Å². The largest absolute Gasteiger partial charge is 0.465 e. The van der Waals surface area contributed by atoms with Crippen molar-refractivity contribution in [3.63, 3.8) is 0 Å². The molecule has 0 aliphatic carbocycles. The van der Waals surface area contributed by atoms with E-state index in [1.807, 2.05) is 44.2 Å². The van der Waals surface area contributed by atoms with Gasteiger partial charge in [0.25, 0.3) is 0 Å². The van der Waals surface area contributed by atoms with Gasteiger partial charge >= 0.3 is 11.9 Å². The van der Waals surface area contributed by atoms with Crippen LogP contribution in [0, 0.1) is 0 Å². The molecule has 2 rings (SSSR count). The van der Waals surface area contributed by atoms with Gasteiger partial charge in [-0.15, -0.1) is 0 Å². The van der Waals surface area contributed by atoms with Crippen molar-refractivity contribution in [1.82, 2.24) is 5.32 Å². The summed E-state index contributed by atoms with van der Waals surface area (Å²) in [7, 11) is 0. The molecular weight excluding hydrogens is 626 g/mol. The molecule has 9 heteroatoms. The number of benzene rings is 1. The lowest BCUT2D eigenvalue weighted by Crippen LogP contribution is -2.79. The molecule has 0 aromatic heterocycles. The first-order chi connectivity index (χ1) is 12.9. The summed E-state index contributed by atoms with van der Waals surface area (Å²) in [6.45, 7) is 7.55. The number of piperidine rings is 1. The molecule has 0 bridgehead atoms. The van der Waals surface area contributed by atoms with Gasteiger partial charge in [-0.25, -0.2) is 0 Å². The van der Waals surface area contributed by atoms with Crippen molar-refractivity contribution in [2.24, 2.45) is 0 Å². The van der Waals surface area contributed by atoms with Gasteiger partial charge in [0.15, 0.2) is 8.65 Å². The minimum atomic E-state index is -1.35. The number of carbonyl (C=O) groups is 2. The monoisotopic (exact) mass is 645 g/mol. The molecule has 1 aliphatic heterocycles. The minimum Gasteiger partial charge on any atom is -0.465 e. The molecule has 0 amide bonds. The van der Waals surface area contributed by atoms with Gasteiger partial charge in [0.1, 0.15) is 0 Å². The summed E-state index contributed by atoms with van der Waals surface area (Å²) in [4.78, 5) is 26.5. The van der Waals surface area contributed by atoms with E-state index in [-0.39, 0.29) is 13.2 Å². The van der Waals surface area contributed by atoms with Crippen molar-refractivity contribution in [2.45, 2.75) is 51.2 Å². The van der Waals surface area contributed by atoms with Gasteiger partial charge in [0.2, 0.25) is 0 Å². The highest BCUT2D eigenvalue weighted by atomic mass is 79.9. The van der Waals surface area contributed by atoms with Gasteiger partial charge in [-0.05, 0) is 33.3 Å². The molecule has 1 N–H and O–H groups in total. The first-order valence-corrected chi connectivity index (χ1v) is 12.0. The number of alkyl halides is 4. The van der Waals surface area contributed by atoms with E-state index in [0.717, 1.165) is 5.56 Å². The number of carbonyl (C=O) groups excluding carboxylic acids is 2. The number of halogens is 4. The molecule has 1 aromatic carbocycles. The van der Waals surface area contributed by atoms with Crippen LogP contribution in [0.2, 0.25) is 0 Å². The summed E-state index contributed by atoms with van der Waals surface area (Å²) in [6.07, 6.45) is 0. The lowest BCUT2D eigenvalue weighted by molar-refractivity contribution is -0.154. The summed E-state index contributed by atoms with van der Waals surface area (Å²) in [5, 5.41) is 3.33. The van der Waals surface area contributed by atoms with Crippen molar-refractivity contribution < 1.29 is 19.1 Å². The second-order valence-electron chi connectivity index (χ2n) is 6.84. The third-order valence-corrected chi connectivity index (χ3v) is 10.8. The molecular formula is C19H23Br4NO4. The Morgan fingerprint density at radius 3 is 1.64 bits per heavy atom. The maximum atomic E-state index is 13.3. The molecule has 28 heavy (non-hydrogen) atoms. The lowest BCUT2D eigenvalue weighted by atomic mass is 9.67. The molecule has 1 heterocycles. The Kier molecular flexibility index (Phi) is 7.51. The van der Waals surface area contributed by atoms with Gasteiger partial charge < -0.3 is 9.47 Å². The fraction of sp³-hybridized carbons (Fsp3) is 0.579. The quantitative estimate of drug-likeness (QED) is 0.277. The normalized spacial score (nSPS) is 37.9. The average Bonchev–Trinajstić information content (AvgIpc) is 2.60. The number of hydrogen-bond donors (Lipinski definition) is 1. The summed E-state index contributed by atoms with van der Waals surface area (Å²) >= 11 is 14.7. The van der Waals surface area contributed by atoms with Gasteiger partial charge in [0.05, 0.1) is 22.1 Å². The van der Waals surface area contributed by atoms with E-state index < -0.39 is 35.4 Å². The minimum absolute atomic E-state index is 0.205. The van der Waals surface area contributed by atoms with Gasteiger partial charge in [-0.3, -0.25) is 14.9 Å². The average molecular weight is 649 g/mol. The third-order valence-electron chi connectivity index (χ3n) is 4.91. The molecule has 1 saturated heterocycles. The highest BCUT2D eigenvalue weighted by Crippen LogP contribution is 2.63. The van der Waals surface area contributed by atoms with E-state index in [0.29, 0.717) is 0 Å². The molecule has 4 unspecified atom stereocenters. The maximum Gasteiger partial charge on any atom is 0.326 e. The fourth-order valence-electron chi connectivity index (χ4n) is 3.64. The van der Waals surface area contributed by atoms with Crippen LogP contribution in [0.4, 0.5) is 0 Å². The van der Waals surface area contributed by atoms with E-state index in [9.17, 15) is 9.59 Å². The fourth-order valence-corrected chi connectivity index (χ4v) is 7.43. The van der Waals surface area contributed by atoms with Crippen LogP contribution in [-0.2, 0) is 19.1 Å². The van der Waals surface area contributed by atoms with E-state index in [1.54, 1.807) is 13.8 Å². The topological polar surface area (TPSA) is 64.6 Å². The first kappa shape index (κ1) is 24.3. The number of hydrogen-bond acceptors (Lipinski definition) is 5. The Balaban J connectivity index is 2.86. The molecule has 0 radical (unpaired) electrons.